The smallest absolute Gasteiger partial charge is 0.150 e. The molecule has 1 aromatic carbocycles. The minimum Gasteiger partial charge on any atom is -0.329 e. The van der Waals surface area contributed by atoms with Gasteiger partial charge < -0.3 is 5.73 Å². The molecule has 0 aliphatic carbocycles. The van der Waals surface area contributed by atoms with E-state index in [1.807, 2.05) is 30.3 Å². The lowest BCUT2D eigenvalue weighted by Gasteiger charge is -2.13. The van der Waals surface area contributed by atoms with Gasteiger partial charge in [0.25, 0.3) is 0 Å². The summed E-state index contributed by atoms with van der Waals surface area (Å²) in [6, 6.07) is 9.22. The third-order valence-corrected chi connectivity index (χ3v) is 4.63. The number of sulfone groups is 1. The molecular formula is C13H19NO3S. The van der Waals surface area contributed by atoms with Crippen LogP contribution in [0.3, 0.4) is 0 Å². The van der Waals surface area contributed by atoms with Crippen molar-refractivity contribution in [3.63, 3.8) is 0 Å². The van der Waals surface area contributed by atoms with Crippen molar-refractivity contribution in [2.75, 3.05) is 18.1 Å². The fraction of sp³-hybridized carbons (Fsp3) is 0.462. The highest BCUT2D eigenvalue weighted by atomic mass is 32.2. The first-order valence-corrected chi connectivity index (χ1v) is 7.80. The average molecular weight is 269 g/mol. The van der Waals surface area contributed by atoms with Crippen LogP contribution in [-0.2, 0) is 14.6 Å². The molecule has 0 heterocycles. The van der Waals surface area contributed by atoms with Crippen LogP contribution in [0.5, 0.6) is 0 Å². The zero-order valence-electron chi connectivity index (χ0n) is 10.5. The number of benzene rings is 1. The number of rotatable bonds is 7. The molecule has 0 bridgehead atoms. The van der Waals surface area contributed by atoms with Crippen LogP contribution < -0.4 is 5.73 Å². The van der Waals surface area contributed by atoms with Crippen molar-refractivity contribution in [2.45, 2.75) is 19.3 Å². The number of hydrogen-bond donors (Lipinski definition) is 1. The van der Waals surface area contributed by atoms with Gasteiger partial charge in [-0.3, -0.25) is 4.79 Å². The Kier molecular flexibility index (Phi) is 5.50. The molecule has 0 spiro atoms. The summed E-state index contributed by atoms with van der Waals surface area (Å²) in [6.07, 6.45) is 0.0347. The predicted molar refractivity (Wildman–Crippen MR) is 72.2 cm³/mol. The number of carbonyl (C=O) groups is 1. The number of carbonyl (C=O) groups excluding carboxylic acids is 1. The summed E-state index contributed by atoms with van der Waals surface area (Å²) in [6.45, 7) is 1.78. The topological polar surface area (TPSA) is 77.2 Å². The number of hydrogen-bond acceptors (Lipinski definition) is 4. The highest BCUT2D eigenvalue weighted by molar-refractivity contribution is 7.91. The Hall–Kier alpha value is -1.20. The molecule has 0 aromatic heterocycles. The maximum Gasteiger partial charge on any atom is 0.150 e. The number of ketones is 1. The molecule has 1 rings (SSSR count). The Balaban J connectivity index is 2.70. The van der Waals surface area contributed by atoms with Crippen molar-refractivity contribution in [2.24, 2.45) is 5.73 Å². The van der Waals surface area contributed by atoms with Gasteiger partial charge in [0.2, 0.25) is 0 Å². The summed E-state index contributed by atoms with van der Waals surface area (Å²) in [5.74, 6) is -0.538. The van der Waals surface area contributed by atoms with E-state index in [2.05, 4.69) is 0 Å². The first-order chi connectivity index (χ1) is 8.50. The standard InChI is InChI=1S/C13H19NO3S/c1-2-18(16,17)9-8-13(15)12(10-14)11-6-4-3-5-7-11/h3-7,12H,2,8-10,14H2,1H3. The minimum atomic E-state index is -3.10. The average Bonchev–Trinajstić information content (AvgIpc) is 2.39. The first kappa shape index (κ1) is 14.9. The second kappa shape index (κ2) is 6.66. The molecule has 0 amide bonds. The fourth-order valence-electron chi connectivity index (χ4n) is 1.71. The maximum absolute atomic E-state index is 12.0. The second-order valence-corrected chi connectivity index (χ2v) is 6.62. The van der Waals surface area contributed by atoms with Crippen molar-refractivity contribution < 1.29 is 13.2 Å². The van der Waals surface area contributed by atoms with E-state index >= 15 is 0 Å². The zero-order chi connectivity index (χ0) is 13.6. The molecule has 0 radical (unpaired) electrons. The molecule has 100 valence electrons. The van der Waals surface area contributed by atoms with Crippen molar-refractivity contribution in [1.29, 1.82) is 0 Å². The van der Waals surface area contributed by atoms with Gasteiger partial charge in [-0.05, 0) is 5.56 Å². The summed E-state index contributed by atoms with van der Waals surface area (Å²) < 4.78 is 22.7. The van der Waals surface area contributed by atoms with Crippen LogP contribution in [0.4, 0.5) is 0 Å². The lowest BCUT2D eigenvalue weighted by atomic mass is 9.93. The normalized spacial score (nSPS) is 13.2. The highest BCUT2D eigenvalue weighted by Crippen LogP contribution is 2.17. The molecule has 0 saturated carbocycles. The monoisotopic (exact) mass is 269 g/mol. The van der Waals surface area contributed by atoms with E-state index in [0.29, 0.717) is 0 Å². The van der Waals surface area contributed by atoms with Gasteiger partial charge in [-0.25, -0.2) is 8.42 Å². The SMILES string of the molecule is CCS(=O)(=O)CCC(=O)C(CN)c1ccccc1. The molecule has 1 unspecified atom stereocenters. The fourth-order valence-corrected chi connectivity index (χ4v) is 2.51. The van der Waals surface area contributed by atoms with Gasteiger partial charge in [-0.2, -0.15) is 0 Å². The Morgan fingerprint density at radius 1 is 1.28 bits per heavy atom. The zero-order valence-corrected chi connectivity index (χ0v) is 11.3. The Morgan fingerprint density at radius 3 is 2.39 bits per heavy atom. The van der Waals surface area contributed by atoms with E-state index < -0.39 is 15.8 Å². The maximum atomic E-state index is 12.0. The van der Waals surface area contributed by atoms with Crippen molar-refractivity contribution in [3.8, 4) is 0 Å². The van der Waals surface area contributed by atoms with Crippen LogP contribution in [0, 0.1) is 0 Å². The van der Waals surface area contributed by atoms with E-state index in [0.717, 1.165) is 5.56 Å². The van der Waals surface area contributed by atoms with E-state index in [-0.39, 0.29) is 30.3 Å². The molecule has 4 nitrogen and oxygen atoms in total. The minimum absolute atomic E-state index is 0.0347. The van der Waals surface area contributed by atoms with E-state index in [1.165, 1.54) is 0 Å². The largest absolute Gasteiger partial charge is 0.329 e. The third-order valence-electron chi connectivity index (χ3n) is 2.93. The molecule has 5 heteroatoms. The first-order valence-electron chi connectivity index (χ1n) is 5.98. The van der Waals surface area contributed by atoms with Crippen LogP contribution >= 0.6 is 0 Å². The van der Waals surface area contributed by atoms with E-state index in [4.69, 9.17) is 5.73 Å². The molecule has 18 heavy (non-hydrogen) atoms. The summed E-state index contributed by atoms with van der Waals surface area (Å²) in [7, 11) is -3.10. The van der Waals surface area contributed by atoms with Gasteiger partial charge >= 0.3 is 0 Å². The van der Waals surface area contributed by atoms with Crippen LogP contribution in [0.15, 0.2) is 30.3 Å². The summed E-state index contributed by atoms with van der Waals surface area (Å²) in [5.41, 5.74) is 6.45. The molecular weight excluding hydrogens is 250 g/mol. The lowest BCUT2D eigenvalue weighted by molar-refractivity contribution is -0.119. The molecule has 0 fully saturated rings. The van der Waals surface area contributed by atoms with Gasteiger partial charge in [0.15, 0.2) is 0 Å². The van der Waals surface area contributed by atoms with Gasteiger partial charge in [0.1, 0.15) is 15.6 Å². The van der Waals surface area contributed by atoms with Crippen molar-refractivity contribution in [1.82, 2.24) is 0 Å². The van der Waals surface area contributed by atoms with Gasteiger partial charge in [0.05, 0.1) is 11.7 Å². The van der Waals surface area contributed by atoms with Crippen LogP contribution in [-0.4, -0.2) is 32.3 Å². The van der Waals surface area contributed by atoms with Crippen LogP contribution in [0.25, 0.3) is 0 Å². The van der Waals surface area contributed by atoms with E-state index in [1.54, 1.807) is 6.92 Å². The molecule has 1 aromatic rings. The third kappa shape index (κ3) is 4.23. The Morgan fingerprint density at radius 2 is 1.89 bits per heavy atom. The summed E-state index contributed by atoms with van der Waals surface area (Å²) >= 11 is 0. The van der Waals surface area contributed by atoms with Crippen molar-refractivity contribution >= 4 is 15.6 Å². The molecule has 0 aliphatic heterocycles. The lowest BCUT2D eigenvalue weighted by Crippen LogP contribution is -2.24. The van der Waals surface area contributed by atoms with E-state index in [9.17, 15) is 13.2 Å². The number of Topliss-reactive ketones (excluding diaryl/α,β-unsaturated/α-hetero) is 1. The highest BCUT2D eigenvalue weighted by Gasteiger charge is 2.20. The predicted octanol–water partition coefficient (Wildman–Crippen LogP) is 1.12. The molecule has 0 aliphatic rings. The Bertz CT molecular complexity index is 482. The van der Waals surface area contributed by atoms with Crippen molar-refractivity contribution in [3.05, 3.63) is 35.9 Å². The van der Waals surface area contributed by atoms with Crippen LogP contribution in [0.1, 0.15) is 24.8 Å². The van der Waals surface area contributed by atoms with Gasteiger partial charge in [-0.1, -0.05) is 37.3 Å². The second-order valence-electron chi connectivity index (χ2n) is 4.15. The summed E-state index contributed by atoms with van der Waals surface area (Å²) in [4.78, 5) is 12.0. The molecule has 2 N–H and O–H groups in total. The Labute approximate surface area is 108 Å². The molecule has 0 saturated heterocycles. The summed E-state index contributed by atoms with van der Waals surface area (Å²) in [5, 5.41) is 0. The van der Waals surface area contributed by atoms with Gasteiger partial charge in [0, 0.05) is 18.7 Å². The quantitative estimate of drug-likeness (QED) is 0.804. The number of nitrogens with two attached hydrogens (primary N) is 1. The van der Waals surface area contributed by atoms with Crippen LogP contribution in [0.2, 0.25) is 0 Å². The molecule has 1 atom stereocenters. The van der Waals surface area contributed by atoms with Gasteiger partial charge in [-0.15, -0.1) is 0 Å².